The third kappa shape index (κ3) is 40.9. The molecule has 0 aliphatic carbocycles. The van der Waals surface area contributed by atoms with Gasteiger partial charge < -0.3 is 75.0 Å². The maximum atomic E-state index is 14.3. The van der Waals surface area contributed by atoms with E-state index in [1.807, 2.05) is 237 Å². The van der Waals surface area contributed by atoms with Crippen molar-refractivity contribution in [3.05, 3.63) is 215 Å². The van der Waals surface area contributed by atoms with E-state index in [9.17, 15) is 62.3 Å². The van der Waals surface area contributed by atoms with Crippen LogP contribution in [0.5, 0.6) is 0 Å². The number of nitrogens with one attached hydrogen (secondary N) is 8. The normalized spacial score (nSPS) is 16.9. The predicted molar refractivity (Wildman–Crippen MR) is 461 cm³/mol. The molecule has 1 aliphatic rings. The molecular formula is C93H130N12O13. The Morgan fingerprint density at radius 1 is 0.432 bits per heavy atom. The summed E-state index contributed by atoms with van der Waals surface area (Å²) in [5.41, 5.74) is 22.4. The highest BCUT2D eigenvalue weighted by atomic mass is 16.2. The number of amides is 8. The highest BCUT2D eigenvalue weighted by Gasteiger charge is 2.35. The van der Waals surface area contributed by atoms with Crippen LogP contribution in [-0.4, -0.2) is 152 Å². The van der Waals surface area contributed by atoms with Gasteiger partial charge in [-0.25, -0.2) is 0 Å². The molecule has 640 valence electrons. The lowest BCUT2D eigenvalue weighted by Gasteiger charge is -2.26. The summed E-state index contributed by atoms with van der Waals surface area (Å²) in [4.78, 5) is 172. The molecule has 16 N–H and O–H groups in total. The fraction of sp³-hybridized carbons (Fsp3) is 0.473. The summed E-state index contributed by atoms with van der Waals surface area (Å²) in [5.74, 6) is -7.47. The number of hydrogen-bond donors (Lipinski definition) is 12. The summed E-state index contributed by atoms with van der Waals surface area (Å²) in [7, 11) is 0. The van der Waals surface area contributed by atoms with Gasteiger partial charge in [0.1, 0.15) is 28.8 Å². The van der Waals surface area contributed by atoms with E-state index in [1.165, 1.54) is 0 Å². The molecular weight excluding hydrogens is 1490 g/mol. The number of carbonyl (C=O) groups is 13. The molecule has 1 heterocycles. The predicted octanol–water partition coefficient (Wildman–Crippen LogP) is 7.77. The Morgan fingerprint density at radius 3 is 1.19 bits per heavy atom. The molecule has 0 spiro atoms. The first-order valence-electron chi connectivity index (χ1n) is 43.0. The van der Waals surface area contributed by atoms with Crippen LogP contribution in [0.25, 0.3) is 0 Å². The molecule has 25 nitrogen and oxygen atoms in total. The van der Waals surface area contributed by atoms with Crippen LogP contribution in [0, 0.1) is 35.5 Å². The zero-order valence-electron chi connectivity index (χ0n) is 73.0. The first-order chi connectivity index (χ1) is 58.0. The molecule has 7 rings (SSSR count). The topological polar surface area (TPSA) is 422 Å². The molecule has 0 saturated carbocycles. The van der Waals surface area contributed by atoms with Crippen LogP contribution in [0.2, 0.25) is 2.82 Å². The molecule has 11 atom stereocenters. The van der Waals surface area contributed by atoms with E-state index in [1.54, 1.807) is 0 Å². The van der Waals surface area contributed by atoms with Crippen molar-refractivity contribution >= 4 is 77.2 Å². The zero-order valence-corrected chi connectivity index (χ0v) is 70.0. The molecule has 6 aromatic rings. The van der Waals surface area contributed by atoms with E-state index in [0.717, 1.165) is 39.7 Å². The highest BCUT2D eigenvalue weighted by molar-refractivity contribution is 5.97. The molecule has 0 unspecified atom stereocenters. The van der Waals surface area contributed by atoms with Gasteiger partial charge in [0, 0.05) is 50.1 Å². The molecule has 1 fully saturated rings. The second-order valence-electron chi connectivity index (χ2n) is 31.1. The summed E-state index contributed by atoms with van der Waals surface area (Å²) < 4.78 is 21.0. The van der Waals surface area contributed by atoms with Crippen molar-refractivity contribution in [2.24, 2.45) is 58.4 Å². The Bertz CT molecular complexity index is 3910. The lowest BCUT2D eigenvalue weighted by atomic mass is 9.87. The SMILES string of the molecule is CC.CC(C)C[C@@H](NC(=O)[C@H](CC(=O)[C@H](N)Cc1ccccc1)Cc1ccccc1)C(=O)C[C@@H]1CCCCNC(=O)CNC(=O)[C@H](NC(=O)[C@@H](CC(C)C)NC(=O)[C@H](CC(=O)[C@H](N)Cc2ccccc2)Cc2ccccc2)CCCCNC(=O)CNC1=O.[2H]N[C@@H](Cc1ccccc1)C(=O)N[C@H](C=O)CC(C)C.[2H]N[C@@H](Cc1ccccc1)C([2H])=O. The van der Waals surface area contributed by atoms with Gasteiger partial charge in [0.25, 0.3) is 0 Å². The second kappa shape index (κ2) is 56.6. The van der Waals surface area contributed by atoms with Crippen LogP contribution in [0.1, 0.15) is 167 Å². The van der Waals surface area contributed by atoms with Gasteiger partial charge in [0.05, 0.1) is 49.3 Å². The third-order valence-corrected chi connectivity index (χ3v) is 19.5. The monoisotopic (exact) mass is 1630 g/mol. The number of aldehydes is 2. The summed E-state index contributed by atoms with van der Waals surface area (Å²) in [6.07, 6.45) is 4.10. The van der Waals surface area contributed by atoms with Crippen molar-refractivity contribution in [1.29, 1.82) is 0 Å². The maximum absolute atomic E-state index is 14.3. The van der Waals surface area contributed by atoms with Crippen molar-refractivity contribution in [3.8, 4) is 0 Å². The van der Waals surface area contributed by atoms with Crippen LogP contribution in [0.15, 0.2) is 182 Å². The number of carbonyl (C=O) groups excluding carboxylic acids is 13. The average Bonchev–Trinajstić information content (AvgIpc) is 0.858. The molecule has 1 saturated heterocycles. The maximum Gasteiger partial charge on any atom is 0.243 e. The van der Waals surface area contributed by atoms with Gasteiger partial charge in [-0.1, -0.05) is 244 Å². The Balaban J connectivity index is 0.000000719. The molecule has 8 amide bonds. The first kappa shape index (κ1) is 94.4. The number of benzene rings is 6. The van der Waals surface area contributed by atoms with Crippen LogP contribution >= 0.6 is 0 Å². The fourth-order valence-electron chi connectivity index (χ4n) is 13.3. The zero-order chi connectivity index (χ0) is 89.0. The van der Waals surface area contributed by atoms with E-state index in [2.05, 4.69) is 54.0 Å². The molecule has 1 aliphatic heterocycles. The Morgan fingerprint density at radius 2 is 0.805 bits per heavy atom. The van der Waals surface area contributed by atoms with Gasteiger partial charge in [-0.3, -0.25) is 52.7 Å². The van der Waals surface area contributed by atoms with E-state index in [0.29, 0.717) is 63.7 Å². The minimum Gasteiger partial charge on any atom is -0.355 e. The lowest BCUT2D eigenvalue weighted by Crippen LogP contribution is -2.55. The number of ketones is 3. The largest absolute Gasteiger partial charge is 0.355 e. The van der Waals surface area contributed by atoms with Crippen LogP contribution in [0.3, 0.4) is 0 Å². The number of rotatable bonds is 39. The Hall–Kier alpha value is -10.7. The van der Waals surface area contributed by atoms with E-state index >= 15 is 0 Å². The van der Waals surface area contributed by atoms with Gasteiger partial charge in [-0.15, -0.1) is 0 Å². The van der Waals surface area contributed by atoms with E-state index in [-0.39, 0.29) is 106 Å². The van der Waals surface area contributed by atoms with Crippen molar-refractivity contribution in [3.63, 3.8) is 0 Å². The van der Waals surface area contributed by atoms with Crippen molar-refractivity contribution in [2.75, 3.05) is 26.2 Å². The standard InChI is InChI=1S/C67H91N9O10.C15H22N2O2.C9H11NO.C2H6/c1-44(2)33-56(75-64(83)51(35-46-21-9-5-10-22-46)40-58(77)53(68)37-48-25-13-7-14-26-48)60(79)39-50-29-17-19-31-70-62(81)43-73-66(85)55(30-18-20-32-71-61(80)42-72-63(50)82)74-67(86)57(34-45(3)4)76-65(84)52(36-47-23-11-6-12-24-47)41-59(78)54(69)38-49-27-15-8-16-28-49;1-11(2)8-13(10-18)17-15(19)14(16)9-12-6-4-3-5-7-12;10-9(7-11)6-8-4-2-1-3-5-8;1-2/h5-16,21-28,44-45,50-57H,17-20,29-43,68-69H2,1-4H3,(H,70,81)(H,71,80)(H,72,82)(H,73,85)(H,74,86)(H,75,83)(H,76,84);3-7,10-11,13-14H,8-9,16H2,1-2H3,(H,17,19);1-5,7,9H,6,10H2;1-2H3/t50-,51-,52-,53+,54+,55+,56+,57+;13-,14-;9-;/m000./s1/i;;7D;/hD2. The van der Waals surface area contributed by atoms with Gasteiger partial charge >= 0.3 is 0 Å². The van der Waals surface area contributed by atoms with Gasteiger partial charge in [0.15, 0.2) is 17.3 Å². The quantitative estimate of drug-likeness (QED) is 0.0164. The van der Waals surface area contributed by atoms with Gasteiger partial charge in [-0.05, 0) is 141 Å². The van der Waals surface area contributed by atoms with Gasteiger partial charge in [0.2, 0.25) is 47.3 Å². The van der Waals surface area contributed by atoms with Crippen LogP contribution < -0.4 is 65.5 Å². The lowest BCUT2D eigenvalue weighted by molar-refractivity contribution is -0.135. The minimum atomic E-state index is -1.14. The van der Waals surface area contributed by atoms with Crippen molar-refractivity contribution < 1.29 is 66.5 Å². The fourth-order valence-corrected chi connectivity index (χ4v) is 13.3. The molecule has 25 heteroatoms. The molecule has 0 aromatic heterocycles. The number of hydrogen-bond acceptors (Lipinski definition) is 17. The van der Waals surface area contributed by atoms with Crippen LogP contribution in [-0.2, 0) is 101 Å². The van der Waals surface area contributed by atoms with E-state index < -0.39 is 127 Å². The molecule has 0 radical (unpaired) electrons. The molecule has 6 aromatic carbocycles. The smallest absolute Gasteiger partial charge is 0.243 e. The highest BCUT2D eigenvalue weighted by Crippen LogP contribution is 2.23. The van der Waals surface area contributed by atoms with Crippen molar-refractivity contribution in [1.82, 2.24) is 42.5 Å². The summed E-state index contributed by atoms with van der Waals surface area (Å²) in [5, 5.41) is 22.2. The summed E-state index contributed by atoms with van der Waals surface area (Å²) >= 11 is 0. The first-order valence-corrected chi connectivity index (χ1v) is 41.5. The molecule has 0 bridgehead atoms. The molecule has 118 heavy (non-hydrogen) atoms. The summed E-state index contributed by atoms with van der Waals surface area (Å²) in [6, 6.07) is 49.3. The Labute approximate surface area is 702 Å². The number of Topliss-reactive ketones (excluding diaryl/α,β-unsaturated/α-hetero) is 3. The minimum absolute atomic E-state index is 0.0424. The van der Waals surface area contributed by atoms with Crippen molar-refractivity contribution in [2.45, 2.75) is 219 Å². The Kier molecular flexibility index (Phi) is 45.3. The van der Waals surface area contributed by atoms with E-state index in [4.69, 9.17) is 15.7 Å². The average molecular weight is 1630 g/mol. The van der Waals surface area contributed by atoms with Gasteiger partial charge in [-0.2, -0.15) is 0 Å². The van der Waals surface area contributed by atoms with Crippen LogP contribution in [0.4, 0.5) is 0 Å². The second-order valence-corrected chi connectivity index (χ2v) is 31.1. The third-order valence-electron chi connectivity index (χ3n) is 19.5. The summed E-state index contributed by atoms with van der Waals surface area (Å²) in [6.45, 7) is 15.1. The number of nitrogens with two attached hydrogens (primary N) is 4.